The van der Waals surface area contributed by atoms with E-state index in [2.05, 4.69) is 15.5 Å². The van der Waals surface area contributed by atoms with Gasteiger partial charge in [0.05, 0.1) is 5.69 Å². The Hall–Kier alpha value is -2.96. The van der Waals surface area contributed by atoms with Gasteiger partial charge in [0.2, 0.25) is 0 Å². The Morgan fingerprint density at radius 3 is 2.75 bits per heavy atom. The summed E-state index contributed by atoms with van der Waals surface area (Å²) in [6.07, 6.45) is 5.30. The number of halogens is 1. The van der Waals surface area contributed by atoms with E-state index in [9.17, 15) is 9.18 Å². The highest BCUT2D eigenvalue weighted by Gasteiger charge is 2.12. The predicted octanol–water partition coefficient (Wildman–Crippen LogP) is 2.27. The molecule has 2 heterocycles. The molecule has 0 radical (unpaired) electrons. The van der Waals surface area contributed by atoms with Crippen molar-refractivity contribution >= 4 is 5.91 Å². The normalized spacial score (nSPS) is 12.1. The molecule has 6 nitrogen and oxygen atoms in total. The molecule has 0 fully saturated rings. The van der Waals surface area contributed by atoms with Gasteiger partial charge in [-0.15, -0.1) is 0 Å². The van der Waals surface area contributed by atoms with Crippen molar-refractivity contribution in [3.63, 3.8) is 0 Å². The van der Waals surface area contributed by atoms with Gasteiger partial charge in [-0.3, -0.25) is 9.48 Å². The molecule has 0 aliphatic rings. The average Bonchev–Trinajstić information content (AvgIpc) is 3.25. The summed E-state index contributed by atoms with van der Waals surface area (Å²) in [6.45, 7) is 3.30. The van der Waals surface area contributed by atoms with E-state index in [4.69, 9.17) is 0 Å². The Morgan fingerprint density at radius 2 is 2.04 bits per heavy atom. The first-order valence-corrected chi connectivity index (χ1v) is 7.69. The summed E-state index contributed by atoms with van der Waals surface area (Å²) < 4.78 is 16.3. The maximum Gasteiger partial charge on any atom is 0.271 e. The Balaban J connectivity index is 1.56. The smallest absolute Gasteiger partial charge is 0.271 e. The quantitative estimate of drug-likeness (QED) is 0.755. The molecule has 0 aliphatic carbocycles. The van der Waals surface area contributed by atoms with Gasteiger partial charge in [-0.05, 0) is 42.3 Å². The number of carbonyl (C=O) groups excluding carboxylic acids is 1. The highest BCUT2D eigenvalue weighted by molar-refractivity contribution is 5.92. The van der Waals surface area contributed by atoms with Crippen LogP contribution in [0.2, 0.25) is 0 Å². The second-order valence-corrected chi connectivity index (χ2v) is 5.67. The maximum atomic E-state index is 12.9. The molecule has 2 aromatic heterocycles. The fourth-order valence-corrected chi connectivity index (χ4v) is 2.33. The monoisotopic (exact) mass is 327 g/mol. The lowest BCUT2D eigenvalue weighted by atomic mass is 10.2. The van der Waals surface area contributed by atoms with E-state index in [1.54, 1.807) is 35.3 Å². The SMILES string of the molecule is CC(CNC(=O)c1ccn(-c2ccc(F)cc2)n1)Cn1cccn1. The topological polar surface area (TPSA) is 64.7 Å². The Bertz CT molecular complexity index is 795. The van der Waals surface area contributed by atoms with Crippen LogP contribution in [-0.2, 0) is 6.54 Å². The van der Waals surface area contributed by atoms with Crippen LogP contribution in [0.5, 0.6) is 0 Å². The van der Waals surface area contributed by atoms with Gasteiger partial charge >= 0.3 is 0 Å². The standard InChI is InChI=1S/C17H18FN5O/c1-13(12-22-9-2-8-20-22)11-19-17(24)16-7-10-23(21-16)15-5-3-14(18)4-6-15/h2-10,13H,11-12H2,1H3,(H,19,24). The van der Waals surface area contributed by atoms with Crippen molar-refractivity contribution in [2.24, 2.45) is 5.92 Å². The van der Waals surface area contributed by atoms with Crippen LogP contribution >= 0.6 is 0 Å². The number of nitrogens with one attached hydrogen (secondary N) is 1. The van der Waals surface area contributed by atoms with Crippen LogP contribution < -0.4 is 5.32 Å². The van der Waals surface area contributed by atoms with Crippen LogP contribution in [0, 0.1) is 11.7 Å². The molecule has 1 amide bonds. The van der Waals surface area contributed by atoms with Crippen LogP contribution in [0.15, 0.2) is 55.0 Å². The molecule has 0 saturated heterocycles. The zero-order valence-electron chi connectivity index (χ0n) is 13.3. The third kappa shape index (κ3) is 3.87. The number of carbonyl (C=O) groups is 1. The summed E-state index contributed by atoms with van der Waals surface area (Å²) in [5.41, 5.74) is 1.02. The zero-order chi connectivity index (χ0) is 16.9. The number of rotatable bonds is 6. The Morgan fingerprint density at radius 1 is 1.25 bits per heavy atom. The lowest BCUT2D eigenvalue weighted by molar-refractivity contribution is 0.0941. The molecule has 0 spiro atoms. The van der Waals surface area contributed by atoms with Crippen LogP contribution in [0.3, 0.4) is 0 Å². The van der Waals surface area contributed by atoms with Gasteiger partial charge in [-0.1, -0.05) is 6.92 Å². The molecular weight excluding hydrogens is 309 g/mol. The van der Waals surface area contributed by atoms with Gasteiger partial charge in [-0.25, -0.2) is 9.07 Å². The third-order valence-electron chi connectivity index (χ3n) is 3.58. The summed E-state index contributed by atoms with van der Waals surface area (Å²) >= 11 is 0. The fraction of sp³-hybridized carbons (Fsp3) is 0.235. The van der Waals surface area contributed by atoms with E-state index in [1.807, 2.05) is 23.9 Å². The largest absolute Gasteiger partial charge is 0.350 e. The first-order chi connectivity index (χ1) is 11.6. The summed E-state index contributed by atoms with van der Waals surface area (Å²) in [7, 11) is 0. The van der Waals surface area contributed by atoms with Crippen molar-refractivity contribution in [3.8, 4) is 5.69 Å². The summed E-state index contributed by atoms with van der Waals surface area (Å²) in [4.78, 5) is 12.2. The number of amides is 1. The van der Waals surface area contributed by atoms with Gasteiger partial charge in [0.1, 0.15) is 5.82 Å². The van der Waals surface area contributed by atoms with Crippen molar-refractivity contribution in [2.45, 2.75) is 13.5 Å². The maximum absolute atomic E-state index is 12.9. The van der Waals surface area contributed by atoms with E-state index >= 15 is 0 Å². The van der Waals surface area contributed by atoms with Gasteiger partial charge in [0.25, 0.3) is 5.91 Å². The molecule has 7 heteroatoms. The first kappa shape index (κ1) is 15.9. The zero-order valence-corrected chi connectivity index (χ0v) is 13.3. The molecule has 124 valence electrons. The van der Waals surface area contributed by atoms with Crippen molar-refractivity contribution in [3.05, 3.63) is 66.5 Å². The lowest BCUT2D eigenvalue weighted by Gasteiger charge is -2.12. The summed E-state index contributed by atoms with van der Waals surface area (Å²) in [6, 6.07) is 9.43. The minimum atomic E-state index is -0.310. The van der Waals surface area contributed by atoms with Gasteiger partial charge in [-0.2, -0.15) is 10.2 Å². The molecule has 1 N–H and O–H groups in total. The highest BCUT2D eigenvalue weighted by Crippen LogP contribution is 2.09. The van der Waals surface area contributed by atoms with Gasteiger partial charge in [0, 0.05) is 31.7 Å². The molecule has 0 saturated carbocycles. The molecule has 1 atom stereocenters. The van der Waals surface area contributed by atoms with E-state index in [1.165, 1.54) is 12.1 Å². The van der Waals surface area contributed by atoms with Crippen LogP contribution in [0.25, 0.3) is 5.69 Å². The molecule has 0 bridgehead atoms. The summed E-state index contributed by atoms with van der Waals surface area (Å²) in [5, 5.41) is 11.2. The molecule has 1 aromatic carbocycles. The van der Waals surface area contributed by atoms with Crippen molar-refractivity contribution in [1.82, 2.24) is 24.9 Å². The Kier molecular flexibility index (Phi) is 4.69. The van der Waals surface area contributed by atoms with Crippen molar-refractivity contribution in [2.75, 3.05) is 6.54 Å². The molecule has 0 aliphatic heterocycles. The number of hydrogen-bond donors (Lipinski definition) is 1. The minimum Gasteiger partial charge on any atom is -0.350 e. The molecule has 3 aromatic rings. The van der Waals surface area contributed by atoms with Crippen LogP contribution in [-0.4, -0.2) is 32.0 Å². The van der Waals surface area contributed by atoms with Crippen molar-refractivity contribution < 1.29 is 9.18 Å². The minimum absolute atomic E-state index is 0.233. The predicted molar refractivity (Wildman–Crippen MR) is 87.2 cm³/mol. The van der Waals surface area contributed by atoms with Gasteiger partial charge < -0.3 is 5.32 Å². The highest BCUT2D eigenvalue weighted by atomic mass is 19.1. The number of nitrogens with zero attached hydrogens (tertiary/aromatic N) is 4. The number of hydrogen-bond acceptors (Lipinski definition) is 3. The number of aromatic nitrogens is 4. The first-order valence-electron chi connectivity index (χ1n) is 7.69. The molecule has 1 unspecified atom stereocenters. The lowest BCUT2D eigenvalue weighted by Crippen LogP contribution is -2.30. The number of benzene rings is 1. The van der Waals surface area contributed by atoms with Gasteiger partial charge in [0.15, 0.2) is 5.69 Å². The molecule has 24 heavy (non-hydrogen) atoms. The second-order valence-electron chi connectivity index (χ2n) is 5.67. The fourth-order valence-electron chi connectivity index (χ4n) is 2.33. The van der Waals surface area contributed by atoms with Crippen LogP contribution in [0.4, 0.5) is 4.39 Å². The molecule has 3 rings (SSSR count). The van der Waals surface area contributed by atoms with Crippen LogP contribution in [0.1, 0.15) is 17.4 Å². The van der Waals surface area contributed by atoms with Crippen molar-refractivity contribution in [1.29, 1.82) is 0 Å². The average molecular weight is 327 g/mol. The second kappa shape index (κ2) is 7.08. The Labute approximate surface area is 138 Å². The van der Waals surface area contributed by atoms with E-state index in [0.29, 0.717) is 17.9 Å². The van der Waals surface area contributed by atoms with E-state index < -0.39 is 0 Å². The molecular formula is C17H18FN5O. The third-order valence-corrected chi connectivity index (χ3v) is 3.58. The van der Waals surface area contributed by atoms with E-state index in [-0.39, 0.29) is 17.6 Å². The van der Waals surface area contributed by atoms with E-state index in [0.717, 1.165) is 6.54 Å². The summed E-state index contributed by atoms with van der Waals surface area (Å²) in [5.74, 6) is -0.300.